The summed E-state index contributed by atoms with van der Waals surface area (Å²) in [5.74, 6) is -1.94. The van der Waals surface area contributed by atoms with Crippen LogP contribution in [0.1, 0.15) is 15.9 Å². The van der Waals surface area contributed by atoms with Gasteiger partial charge in [-0.1, -0.05) is 23.7 Å². The number of alkyl halides is 1. The molecule has 0 saturated heterocycles. The monoisotopic (exact) mass is 325 g/mol. The quantitative estimate of drug-likeness (QED) is 0.684. The minimum absolute atomic E-state index is 0.0962. The van der Waals surface area contributed by atoms with E-state index in [9.17, 15) is 14.0 Å². The zero-order valence-corrected chi connectivity index (χ0v) is 12.2. The molecule has 0 aliphatic carbocycles. The average molecular weight is 326 g/mol. The van der Waals surface area contributed by atoms with E-state index in [1.807, 2.05) is 0 Å². The molecule has 0 spiro atoms. The number of ketones is 1. The summed E-state index contributed by atoms with van der Waals surface area (Å²) in [4.78, 5) is 23.8. The van der Waals surface area contributed by atoms with Crippen molar-refractivity contribution in [3.8, 4) is 0 Å². The van der Waals surface area contributed by atoms with Gasteiger partial charge in [-0.15, -0.1) is 11.6 Å². The van der Waals surface area contributed by atoms with Crippen molar-refractivity contribution < 1.29 is 14.0 Å². The van der Waals surface area contributed by atoms with Crippen LogP contribution in [0.5, 0.6) is 0 Å². The van der Waals surface area contributed by atoms with Gasteiger partial charge in [0.25, 0.3) is 0 Å². The number of hydrogen-bond acceptors (Lipinski definition) is 2. The van der Waals surface area contributed by atoms with Crippen LogP contribution in [-0.4, -0.2) is 17.6 Å². The number of amides is 1. The molecule has 0 aromatic heterocycles. The van der Waals surface area contributed by atoms with Crippen LogP contribution >= 0.6 is 23.2 Å². The first kappa shape index (κ1) is 15.5. The van der Waals surface area contributed by atoms with E-state index in [4.69, 9.17) is 23.2 Å². The molecule has 0 heterocycles. The van der Waals surface area contributed by atoms with Crippen LogP contribution in [-0.2, 0) is 4.79 Å². The van der Waals surface area contributed by atoms with Gasteiger partial charge in [0.05, 0.1) is 11.3 Å². The summed E-state index contributed by atoms with van der Waals surface area (Å²) in [5, 5.41) is 2.79. The Hall–Kier alpha value is -1.91. The van der Waals surface area contributed by atoms with Crippen LogP contribution in [0.2, 0.25) is 5.02 Å². The summed E-state index contributed by atoms with van der Waals surface area (Å²) in [5.41, 5.74) is 0.241. The molecule has 3 nitrogen and oxygen atoms in total. The fraction of sp³-hybridized carbons (Fsp3) is 0.0667. The number of carbonyl (C=O) groups excluding carboxylic acids is 2. The Morgan fingerprint density at radius 2 is 1.81 bits per heavy atom. The normalized spacial score (nSPS) is 10.2. The minimum Gasteiger partial charge on any atom is -0.324 e. The molecule has 0 bridgehead atoms. The van der Waals surface area contributed by atoms with Crippen LogP contribution < -0.4 is 5.32 Å². The Morgan fingerprint density at radius 3 is 2.48 bits per heavy atom. The highest BCUT2D eigenvalue weighted by Crippen LogP contribution is 2.24. The maximum absolute atomic E-state index is 13.7. The smallest absolute Gasteiger partial charge is 0.239 e. The first-order chi connectivity index (χ1) is 10.0. The Morgan fingerprint density at radius 1 is 1.10 bits per heavy atom. The molecule has 108 valence electrons. The second kappa shape index (κ2) is 6.70. The Balaban J connectivity index is 2.47. The topological polar surface area (TPSA) is 46.2 Å². The number of anilines is 1. The Labute approximate surface area is 130 Å². The molecule has 1 N–H and O–H groups in total. The van der Waals surface area contributed by atoms with Gasteiger partial charge in [-0.25, -0.2) is 4.39 Å². The highest BCUT2D eigenvalue weighted by Gasteiger charge is 2.18. The lowest BCUT2D eigenvalue weighted by Gasteiger charge is -2.10. The fourth-order valence-corrected chi connectivity index (χ4v) is 2.03. The lowest BCUT2D eigenvalue weighted by molar-refractivity contribution is -0.113. The predicted octanol–water partition coefficient (Wildman–Crippen LogP) is 3.89. The van der Waals surface area contributed by atoms with Crippen molar-refractivity contribution in [3.05, 3.63) is 64.4 Å². The van der Waals surface area contributed by atoms with Crippen LogP contribution in [0.15, 0.2) is 42.5 Å². The molecule has 21 heavy (non-hydrogen) atoms. The van der Waals surface area contributed by atoms with E-state index in [1.165, 1.54) is 36.4 Å². The molecule has 2 rings (SSSR count). The zero-order chi connectivity index (χ0) is 15.4. The van der Waals surface area contributed by atoms with Crippen molar-refractivity contribution >= 4 is 40.6 Å². The fourth-order valence-electron chi connectivity index (χ4n) is 1.79. The molecule has 1 amide bonds. The summed E-state index contributed by atoms with van der Waals surface area (Å²) in [6.07, 6.45) is 0. The molecule has 0 atom stereocenters. The second-order valence-electron chi connectivity index (χ2n) is 4.18. The number of rotatable bonds is 4. The molecule has 0 radical (unpaired) electrons. The van der Waals surface area contributed by atoms with Crippen molar-refractivity contribution in [2.75, 3.05) is 11.2 Å². The second-order valence-corrected chi connectivity index (χ2v) is 4.88. The van der Waals surface area contributed by atoms with E-state index < -0.39 is 17.5 Å². The lowest BCUT2D eigenvalue weighted by atomic mass is 10.0. The SMILES string of the molecule is O=C(CCl)Nc1ccc(Cl)cc1C(=O)c1ccccc1F. The summed E-state index contributed by atoms with van der Waals surface area (Å²) in [6, 6.07) is 9.96. The van der Waals surface area contributed by atoms with Crippen LogP contribution in [0.4, 0.5) is 10.1 Å². The van der Waals surface area contributed by atoms with Gasteiger partial charge in [0.2, 0.25) is 5.91 Å². The van der Waals surface area contributed by atoms with Gasteiger partial charge >= 0.3 is 0 Å². The maximum atomic E-state index is 13.7. The van der Waals surface area contributed by atoms with E-state index in [1.54, 1.807) is 6.07 Å². The number of hydrogen-bond donors (Lipinski definition) is 1. The average Bonchev–Trinajstić information content (AvgIpc) is 2.48. The number of benzene rings is 2. The lowest BCUT2D eigenvalue weighted by Crippen LogP contribution is -2.16. The largest absolute Gasteiger partial charge is 0.324 e. The number of nitrogens with one attached hydrogen (secondary N) is 1. The van der Waals surface area contributed by atoms with E-state index >= 15 is 0 Å². The van der Waals surface area contributed by atoms with Crippen molar-refractivity contribution in [1.29, 1.82) is 0 Å². The molecule has 0 fully saturated rings. The van der Waals surface area contributed by atoms with Crippen molar-refractivity contribution in [2.24, 2.45) is 0 Å². The third-order valence-corrected chi connectivity index (χ3v) is 3.22. The summed E-state index contributed by atoms with van der Waals surface area (Å²) in [6.45, 7) is 0. The van der Waals surface area contributed by atoms with Crippen LogP contribution in [0, 0.1) is 5.82 Å². The molecule has 0 aliphatic heterocycles. The highest BCUT2D eigenvalue weighted by molar-refractivity contribution is 6.32. The molecule has 2 aromatic carbocycles. The third-order valence-electron chi connectivity index (χ3n) is 2.74. The van der Waals surface area contributed by atoms with Gasteiger partial charge in [0.1, 0.15) is 11.7 Å². The maximum Gasteiger partial charge on any atom is 0.239 e. The van der Waals surface area contributed by atoms with Crippen LogP contribution in [0.3, 0.4) is 0 Å². The van der Waals surface area contributed by atoms with Gasteiger partial charge in [0.15, 0.2) is 5.78 Å². The first-order valence-corrected chi connectivity index (χ1v) is 6.88. The zero-order valence-electron chi connectivity index (χ0n) is 10.7. The molecular weight excluding hydrogens is 316 g/mol. The number of carbonyl (C=O) groups is 2. The Kier molecular flexibility index (Phi) is 4.94. The van der Waals surface area contributed by atoms with E-state index in [0.717, 1.165) is 0 Å². The van der Waals surface area contributed by atoms with Gasteiger partial charge in [-0.05, 0) is 30.3 Å². The van der Waals surface area contributed by atoms with Crippen molar-refractivity contribution in [2.45, 2.75) is 0 Å². The number of halogens is 3. The first-order valence-electron chi connectivity index (χ1n) is 5.97. The van der Waals surface area contributed by atoms with E-state index in [-0.39, 0.29) is 22.7 Å². The van der Waals surface area contributed by atoms with Gasteiger partial charge in [0, 0.05) is 10.6 Å². The van der Waals surface area contributed by atoms with Crippen molar-refractivity contribution in [3.63, 3.8) is 0 Å². The van der Waals surface area contributed by atoms with Crippen molar-refractivity contribution in [1.82, 2.24) is 0 Å². The molecule has 6 heteroatoms. The summed E-state index contributed by atoms with van der Waals surface area (Å²) >= 11 is 11.3. The summed E-state index contributed by atoms with van der Waals surface area (Å²) in [7, 11) is 0. The third kappa shape index (κ3) is 3.60. The summed E-state index contributed by atoms with van der Waals surface area (Å²) < 4.78 is 13.7. The highest BCUT2D eigenvalue weighted by atomic mass is 35.5. The molecule has 0 unspecified atom stereocenters. The molecular formula is C15H10Cl2FNO2. The van der Waals surface area contributed by atoms with Gasteiger partial charge in [-0.2, -0.15) is 0 Å². The van der Waals surface area contributed by atoms with E-state index in [2.05, 4.69) is 5.32 Å². The minimum atomic E-state index is -0.642. The standard InChI is InChI=1S/C15H10Cl2FNO2/c16-8-14(20)19-13-6-5-9(17)7-11(13)15(21)10-3-1-2-4-12(10)18/h1-7H,8H2,(H,19,20). The van der Waals surface area contributed by atoms with Gasteiger partial charge < -0.3 is 5.32 Å². The van der Waals surface area contributed by atoms with Crippen LogP contribution in [0.25, 0.3) is 0 Å². The van der Waals surface area contributed by atoms with Gasteiger partial charge in [-0.3, -0.25) is 9.59 Å². The molecule has 2 aromatic rings. The predicted molar refractivity (Wildman–Crippen MR) is 80.6 cm³/mol. The molecule has 0 aliphatic rings. The molecule has 0 saturated carbocycles. The van der Waals surface area contributed by atoms with E-state index in [0.29, 0.717) is 5.02 Å². The Bertz CT molecular complexity index is 704.